The van der Waals surface area contributed by atoms with Crippen molar-refractivity contribution in [2.24, 2.45) is 5.92 Å². The van der Waals surface area contributed by atoms with E-state index >= 15 is 0 Å². The molecular formula is C25H36N6O4. The van der Waals surface area contributed by atoms with Crippen molar-refractivity contribution in [3.05, 3.63) is 29.8 Å². The number of piperazine rings is 1. The average molecular weight is 485 g/mol. The van der Waals surface area contributed by atoms with Crippen LogP contribution < -0.4 is 16.1 Å². The number of carbonyl (C=O) groups is 4. The van der Waals surface area contributed by atoms with Gasteiger partial charge in [0.2, 0.25) is 5.91 Å². The van der Waals surface area contributed by atoms with Crippen molar-refractivity contribution in [3.8, 4) is 0 Å². The highest BCUT2D eigenvalue weighted by molar-refractivity contribution is 6.08. The maximum Gasteiger partial charge on any atom is 0.344 e. The summed E-state index contributed by atoms with van der Waals surface area (Å²) in [5, 5.41) is 6.66. The van der Waals surface area contributed by atoms with E-state index in [1.807, 2.05) is 29.2 Å². The van der Waals surface area contributed by atoms with Crippen LogP contribution in [0.1, 0.15) is 45.1 Å². The smallest absolute Gasteiger partial charge is 0.325 e. The molecule has 4 rings (SSSR count). The van der Waals surface area contributed by atoms with Crippen molar-refractivity contribution >= 4 is 29.4 Å². The van der Waals surface area contributed by atoms with E-state index in [1.54, 1.807) is 0 Å². The third kappa shape index (κ3) is 5.82. The van der Waals surface area contributed by atoms with Gasteiger partial charge in [-0.1, -0.05) is 32.0 Å². The van der Waals surface area contributed by atoms with Gasteiger partial charge in [-0.3, -0.25) is 29.6 Å². The van der Waals surface area contributed by atoms with E-state index in [9.17, 15) is 19.2 Å². The third-order valence-electron chi connectivity index (χ3n) is 7.40. The highest BCUT2D eigenvalue weighted by Gasteiger charge is 2.52. The summed E-state index contributed by atoms with van der Waals surface area (Å²) >= 11 is 0. The Morgan fingerprint density at radius 1 is 1.00 bits per heavy atom. The minimum atomic E-state index is -0.874. The largest absolute Gasteiger partial charge is 0.344 e. The molecule has 0 atom stereocenters. The molecule has 0 bridgehead atoms. The summed E-state index contributed by atoms with van der Waals surface area (Å²) in [4.78, 5) is 54.4. The normalized spacial score (nSPS) is 25.5. The highest BCUT2D eigenvalue weighted by atomic mass is 16.2. The molecule has 0 aromatic heterocycles. The second-order valence-electron chi connectivity index (χ2n) is 9.98. The van der Waals surface area contributed by atoms with Gasteiger partial charge in [-0.2, -0.15) is 5.01 Å². The Labute approximate surface area is 206 Å². The SMILES string of the molecule is CCc1ccccc1NC(=O)CN1CCN(CC(=O)NN2C(=O)NC3(CCC(C)CC3)C2=O)CC1. The molecule has 10 heteroatoms. The minimum Gasteiger partial charge on any atom is -0.325 e. The first-order chi connectivity index (χ1) is 16.8. The number of urea groups is 1. The standard InChI is InChI=1S/C25H36N6O4/c1-3-19-6-4-5-7-20(19)26-21(32)16-29-12-14-30(15-13-29)17-22(33)28-31-23(34)25(27-24(31)35)10-8-18(2)9-11-25/h4-7,18H,3,8-17H2,1-2H3,(H,26,32)(H,27,35)(H,28,33). The zero-order chi connectivity index (χ0) is 25.0. The van der Waals surface area contributed by atoms with Crippen molar-refractivity contribution < 1.29 is 19.2 Å². The second-order valence-corrected chi connectivity index (χ2v) is 9.98. The lowest BCUT2D eigenvalue weighted by Gasteiger charge is -2.34. The van der Waals surface area contributed by atoms with Gasteiger partial charge in [0.25, 0.3) is 11.8 Å². The minimum absolute atomic E-state index is 0.0540. The van der Waals surface area contributed by atoms with E-state index in [0.29, 0.717) is 51.5 Å². The summed E-state index contributed by atoms with van der Waals surface area (Å²) in [7, 11) is 0. The lowest BCUT2D eigenvalue weighted by molar-refractivity contribution is -0.140. The first-order valence-electron chi connectivity index (χ1n) is 12.6. The molecule has 1 spiro atoms. The summed E-state index contributed by atoms with van der Waals surface area (Å²) < 4.78 is 0. The highest BCUT2D eigenvalue weighted by Crippen LogP contribution is 2.35. The number of nitrogens with one attached hydrogen (secondary N) is 3. The first kappa shape index (κ1) is 25.1. The van der Waals surface area contributed by atoms with Crippen molar-refractivity contribution in [2.75, 3.05) is 44.6 Å². The zero-order valence-corrected chi connectivity index (χ0v) is 20.6. The molecule has 1 aromatic carbocycles. The molecule has 2 saturated heterocycles. The summed E-state index contributed by atoms with van der Waals surface area (Å²) in [5.74, 6) is -0.270. The molecule has 3 N–H and O–H groups in total. The molecule has 35 heavy (non-hydrogen) atoms. The van der Waals surface area contributed by atoms with Gasteiger partial charge in [0.05, 0.1) is 13.1 Å². The molecule has 190 valence electrons. The quantitative estimate of drug-likeness (QED) is 0.504. The van der Waals surface area contributed by atoms with E-state index < -0.39 is 17.5 Å². The van der Waals surface area contributed by atoms with E-state index in [1.165, 1.54) is 0 Å². The van der Waals surface area contributed by atoms with Crippen LogP contribution in [0.2, 0.25) is 0 Å². The topological polar surface area (TPSA) is 114 Å². The summed E-state index contributed by atoms with van der Waals surface area (Å²) in [5.41, 5.74) is 3.58. The molecule has 5 amide bonds. The summed E-state index contributed by atoms with van der Waals surface area (Å²) in [6, 6.07) is 7.24. The van der Waals surface area contributed by atoms with Gasteiger partial charge in [0, 0.05) is 31.9 Å². The Balaban J connectivity index is 1.20. The number of aryl methyl sites for hydroxylation is 1. The van der Waals surface area contributed by atoms with Crippen LogP contribution in [0, 0.1) is 5.92 Å². The number of benzene rings is 1. The van der Waals surface area contributed by atoms with Crippen LogP contribution in [-0.2, 0) is 20.8 Å². The first-order valence-corrected chi connectivity index (χ1v) is 12.6. The Bertz CT molecular complexity index is 966. The van der Waals surface area contributed by atoms with Crippen LogP contribution in [0.5, 0.6) is 0 Å². The Morgan fingerprint density at radius 3 is 2.23 bits per heavy atom. The van der Waals surface area contributed by atoms with Crippen molar-refractivity contribution in [1.82, 2.24) is 25.6 Å². The average Bonchev–Trinajstić information content (AvgIpc) is 3.06. The van der Waals surface area contributed by atoms with Crippen molar-refractivity contribution in [1.29, 1.82) is 0 Å². The Hall–Kier alpha value is -2.98. The van der Waals surface area contributed by atoms with Crippen LogP contribution in [0.3, 0.4) is 0 Å². The molecule has 0 radical (unpaired) electrons. The Kier molecular flexibility index (Phi) is 7.71. The number of nitrogens with zero attached hydrogens (tertiary/aromatic N) is 3. The lowest BCUT2D eigenvalue weighted by atomic mass is 9.77. The van der Waals surface area contributed by atoms with E-state index in [0.717, 1.165) is 35.5 Å². The molecule has 1 aromatic rings. The molecule has 3 fully saturated rings. The van der Waals surface area contributed by atoms with Gasteiger partial charge < -0.3 is 10.6 Å². The monoisotopic (exact) mass is 484 g/mol. The van der Waals surface area contributed by atoms with E-state index in [-0.39, 0.29) is 18.4 Å². The number of hydrogen-bond acceptors (Lipinski definition) is 6. The van der Waals surface area contributed by atoms with Gasteiger partial charge in [0.1, 0.15) is 5.54 Å². The van der Waals surface area contributed by atoms with Gasteiger partial charge in [-0.05, 0) is 49.7 Å². The van der Waals surface area contributed by atoms with Crippen LogP contribution in [0.15, 0.2) is 24.3 Å². The van der Waals surface area contributed by atoms with Gasteiger partial charge in [-0.25, -0.2) is 4.79 Å². The maximum atomic E-state index is 12.9. The van der Waals surface area contributed by atoms with Crippen LogP contribution in [0.25, 0.3) is 0 Å². The number of rotatable bonds is 7. The summed E-state index contributed by atoms with van der Waals surface area (Å²) in [6.07, 6.45) is 3.81. The van der Waals surface area contributed by atoms with Crippen LogP contribution >= 0.6 is 0 Å². The molecule has 0 unspecified atom stereocenters. The number of amides is 5. The number of para-hydroxylation sites is 1. The molecule has 1 aliphatic carbocycles. The number of anilines is 1. The molecule has 3 aliphatic rings. The molecule has 10 nitrogen and oxygen atoms in total. The predicted molar refractivity (Wildman–Crippen MR) is 131 cm³/mol. The fourth-order valence-corrected chi connectivity index (χ4v) is 5.13. The van der Waals surface area contributed by atoms with E-state index in [4.69, 9.17) is 0 Å². The molecule has 1 saturated carbocycles. The fraction of sp³-hybridized carbons (Fsp3) is 0.600. The lowest BCUT2D eigenvalue weighted by Crippen LogP contribution is -2.55. The zero-order valence-electron chi connectivity index (χ0n) is 20.6. The van der Waals surface area contributed by atoms with Gasteiger partial charge in [0.15, 0.2) is 0 Å². The van der Waals surface area contributed by atoms with E-state index in [2.05, 4.69) is 34.8 Å². The predicted octanol–water partition coefficient (Wildman–Crippen LogP) is 1.34. The third-order valence-corrected chi connectivity index (χ3v) is 7.40. The van der Waals surface area contributed by atoms with Crippen molar-refractivity contribution in [2.45, 2.75) is 51.5 Å². The number of carbonyl (C=O) groups excluding carboxylic acids is 4. The Morgan fingerprint density at radius 2 is 1.60 bits per heavy atom. The number of hydrogen-bond donors (Lipinski definition) is 3. The molecule has 2 aliphatic heterocycles. The molecular weight excluding hydrogens is 448 g/mol. The number of hydrazine groups is 1. The van der Waals surface area contributed by atoms with Crippen LogP contribution in [0.4, 0.5) is 10.5 Å². The second kappa shape index (κ2) is 10.7. The van der Waals surface area contributed by atoms with Crippen LogP contribution in [-0.4, -0.2) is 83.4 Å². The number of imide groups is 1. The summed E-state index contributed by atoms with van der Waals surface area (Å²) in [6.45, 7) is 7.13. The molecule has 2 heterocycles. The fourth-order valence-electron chi connectivity index (χ4n) is 5.13. The van der Waals surface area contributed by atoms with Crippen molar-refractivity contribution in [3.63, 3.8) is 0 Å². The maximum absolute atomic E-state index is 12.9. The van der Waals surface area contributed by atoms with Gasteiger partial charge >= 0.3 is 6.03 Å². The van der Waals surface area contributed by atoms with Gasteiger partial charge in [-0.15, -0.1) is 0 Å².